The molecule has 0 amide bonds. The van der Waals surface area contributed by atoms with E-state index in [9.17, 15) is 0 Å². The fourth-order valence-corrected chi connectivity index (χ4v) is 7.79. The number of anilines is 3. The Hall–Kier alpha value is -5.51. The molecule has 0 saturated heterocycles. The van der Waals surface area contributed by atoms with E-state index in [1.807, 2.05) is 6.20 Å². The van der Waals surface area contributed by atoms with Gasteiger partial charge in [0, 0.05) is 33.0 Å². The Kier molecular flexibility index (Phi) is 5.71. The molecule has 7 aromatic carbocycles. The lowest BCUT2D eigenvalue weighted by Gasteiger charge is -2.26. The third kappa shape index (κ3) is 3.90. The SMILES string of the molecule is c1ccc(N(c2ccc(-c3cc4ccc5ccccc5c4c4ccccc34)cc2)c2ccnc3sc4ccccc4c23)cc1. The number of thiophene rings is 1. The van der Waals surface area contributed by atoms with Crippen molar-refractivity contribution in [3.05, 3.63) is 158 Å². The molecule has 0 radical (unpaired) electrons. The van der Waals surface area contributed by atoms with Gasteiger partial charge in [0.1, 0.15) is 4.83 Å². The number of para-hydroxylation sites is 1. The van der Waals surface area contributed by atoms with Crippen LogP contribution in [-0.4, -0.2) is 4.98 Å². The molecule has 0 aliphatic carbocycles. The number of aromatic nitrogens is 1. The molecule has 9 rings (SSSR count). The second-order valence-corrected chi connectivity index (χ2v) is 12.2. The number of benzene rings is 7. The van der Waals surface area contributed by atoms with Gasteiger partial charge in [0.15, 0.2) is 0 Å². The number of fused-ring (bicyclic) bond motifs is 8. The smallest absolute Gasteiger partial charge is 0.126 e. The van der Waals surface area contributed by atoms with Crippen molar-refractivity contribution in [1.82, 2.24) is 4.98 Å². The summed E-state index contributed by atoms with van der Waals surface area (Å²) in [4.78, 5) is 8.18. The minimum absolute atomic E-state index is 1.05. The van der Waals surface area contributed by atoms with Gasteiger partial charge >= 0.3 is 0 Å². The van der Waals surface area contributed by atoms with Crippen LogP contribution < -0.4 is 4.90 Å². The first-order valence-corrected chi connectivity index (χ1v) is 15.7. The molecule has 0 bridgehead atoms. The van der Waals surface area contributed by atoms with E-state index in [4.69, 9.17) is 4.98 Å². The zero-order chi connectivity index (χ0) is 29.0. The summed E-state index contributed by atoms with van der Waals surface area (Å²) in [6, 6.07) is 54.8. The van der Waals surface area contributed by atoms with Gasteiger partial charge < -0.3 is 4.90 Å². The van der Waals surface area contributed by atoms with Crippen molar-refractivity contribution in [2.75, 3.05) is 4.90 Å². The molecule has 0 fully saturated rings. The third-order valence-electron chi connectivity index (χ3n) is 8.70. The number of nitrogens with zero attached hydrogens (tertiary/aromatic N) is 2. The van der Waals surface area contributed by atoms with Gasteiger partial charge in [-0.25, -0.2) is 4.98 Å². The predicted octanol–water partition coefficient (Wildman–Crippen LogP) is 12.0. The van der Waals surface area contributed by atoms with Crippen molar-refractivity contribution in [2.24, 2.45) is 0 Å². The molecule has 0 spiro atoms. The van der Waals surface area contributed by atoms with Gasteiger partial charge in [-0.3, -0.25) is 0 Å². The Bertz CT molecular complexity index is 2490. The fraction of sp³-hybridized carbons (Fsp3) is 0. The summed E-state index contributed by atoms with van der Waals surface area (Å²) in [5.74, 6) is 0. The van der Waals surface area contributed by atoms with Crippen LogP contribution in [0.5, 0.6) is 0 Å². The van der Waals surface area contributed by atoms with E-state index >= 15 is 0 Å². The van der Waals surface area contributed by atoms with Crippen molar-refractivity contribution >= 4 is 81.0 Å². The molecule has 0 unspecified atom stereocenters. The molecule has 0 saturated carbocycles. The summed E-state index contributed by atoms with van der Waals surface area (Å²) in [5, 5.41) is 10.1. The molecule has 2 heterocycles. The van der Waals surface area contributed by atoms with Crippen LogP contribution in [0.15, 0.2) is 158 Å². The van der Waals surface area contributed by atoms with E-state index in [-0.39, 0.29) is 0 Å². The van der Waals surface area contributed by atoms with Crippen molar-refractivity contribution in [1.29, 1.82) is 0 Å². The normalized spacial score (nSPS) is 11.6. The Morgan fingerprint density at radius 3 is 1.98 bits per heavy atom. The minimum Gasteiger partial charge on any atom is -0.310 e. The van der Waals surface area contributed by atoms with Gasteiger partial charge in [-0.15, -0.1) is 11.3 Å². The monoisotopic (exact) mass is 578 g/mol. The second kappa shape index (κ2) is 10.0. The second-order valence-electron chi connectivity index (χ2n) is 11.2. The first-order valence-electron chi connectivity index (χ1n) is 14.9. The summed E-state index contributed by atoms with van der Waals surface area (Å²) < 4.78 is 1.25. The van der Waals surface area contributed by atoms with Crippen LogP contribution >= 0.6 is 11.3 Å². The van der Waals surface area contributed by atoms with Crippen LogP contribution in [0.1, 0.15) is 0 Å². The first-order chi connectivity index (χ1) is 21.8. The molecular formula is C41H26N2S. The van der Waals surface area contributed by atoms with Crippen LogP contribution in [-0.2, 0) is 0 Å². The standard InChI is InChI=1S/C41H26N2S/c1-2-11-30(12-3-1)43(37-24-25-42-41-40(37)35-16-8-9-17-38(35)44-41)31-22-20-28(21-23-31)36-26-29-19-18-27-10-4-5-13-32(27)39(29)34-15-7-6-14-33(34)36/h1-26H. The minimum atomic E-state index is 1.05. The van der Waals surface area contributed by atoms with E-state index < -0.39 is 0 Å². The van der Waals surface area contributed by atoms with E-state index in [2.05, 4.69) is 157 Å². The topological polar surface area (TPSA) is 16.1 Å². The highest BCUT2D eigenvalue weighted by molar-refractivity contribution is 7.25. The zero-order valence-corrected chi connectivity index (χ0v) is 24.6. The number of hydrogen-bond acceptors (Lipinski definition) is 3. The molecule has 0 atom stereocenters. The maximum absolute atomic E-state index is 4.77. The van der Waals surface area contributed by atoms with E-state index in [0.29, 0.717) is 0 Å². The van der Waals surface area contributed by atoms with E-state index in [0.717, 1.165) is 21.9 Å². The van der Waals surface area contributed by atoms with E-state index in [1.165, 1.54) is 58.9 Å². The number of pyridine rings is 1. The lowest BCUT2D eigenvalue weighted by Crippen LogP contribution is -2.10. The van der Waals surface area contributed by atoms with Crippen molar-refractivity contribution in [3.8, 4) is 11.1 Å². The summed E-state index contributed by atoms with van der Waals surface area (Å²) in [6.07, 6.45) is 1.93. The Morgan fingerprint density at radius 1 is 0.477 bits per heavy atom. The highest BCUT2D eigenvalue weighted by atomic mass is 32.1. The average molecular weight is 579 g/mol. The van der Waals surface area contributed by atoms with Gasteiger partial charge in [-0.1, -0.05) is 109 Å². The largest absolute Gasteiger partial charge is 0.310 e. The molecule has 44 heavy (non-hydrogen) atoms. The highest BCUT2D eigenvalue weighted by Gasteiger charge is 2.19. The molecule has 9 aromatic rings. The summed E-state index contributed by atoms with van der Waals surface area (Å²) in [5.41, 5.74) is 5.81. The summed E-state index contributed by atoms with van der Waals surface area (Å²) in [7, 11) is 0. The molecule has 0 aliphatic heterocycles. The Labute approximate surface area is 259 Å². The average Bonchev–Trinajstić information content (AvgIpc) is 3.48. The quantitative estimate of drug-likeness (QED) is 0.193. The summed E-state index contributed by atoms with van der Waals surface area (Å²) >= 11 is 1.75. The Morgan fingerprint density at radius 2 is 1.14 bits per heavy atom. The van der Waals surface area contributed by atoms with Gasteiger partial charge in [-0.05, 0) is 85.9 Å². The fourth-order valence-electron chi connectivity index (χ4n) is 6.73. The first kappa shape index (κ1) is 25.0. The van der Waals surface area contributed by atoms with Crippen LogP contribution in [0, 0.1) is 0 Å². The third-order valence-corrected chi connectivity index (χ3v) is 9.78. The van der Waals surface area contributed by atoms with Crippen LogP contribution in [0.25, 0.3) is 63.7 Å². The van der Waals surface area contributed by atoms with Gasteiger partial charge in [0.25, 0.3) is 0 Å². The van der Waals surface area contributed by atoms with E-state index in [1.54, 1.807) is 11.3 Å². The zero-order valence-electron chi connectivity index (χ0n) is 23.8. The van der Waals surface area contributed by atoms with Crippen LogP contribution in [0.3, 0.4) is 0 Å². The molecule has 0 N–H and O–H groups in total. The number of hydrogen-bond donors (Lipinski definition) is 0. The number of rotatable bonds is 4. The van der Waals surface area contributed by atoms with Crippen LogP contribution in [0.2, 0.25) is 0 Å². The molecule has 2 aromatic heterocycles. The van der Waals surface area contributed by atoms with Crippen LogP contribution in [0.4, 0.5) is 17.1 Å². The predicted molar refractivity (Wildman–Crippen MR) is 190 cm³/mol. The highest BCUT2D eigenvalue weighted by Crippen LogP contribution is 2.45. The molecular weight excluding hydrogens is 553 g/mol. The van der Waals surface area contributed by atoms with Crippen molar-refractivity contribution in [3.63, 3.8) is 0 Å². The molecule has 2 nitrogen and oxygen atoms in total. The maximum Gasteiger partial charge on any atom is 0.126 e. The summed E-state index contributed by atoms with van der Waals surface area (Å²) in [6.45, 7) is 0. The van der Waals surface area contributed by atoms with Gasteiger partial charge in [0.2, 0.25) is 0 Å². The maximum atomic E-state index is 4.77. The lowest BCUT2D eigenvalue weighted by molar-refractivity contribution is 1.29. The van der Waals surface area contributed by atoms with Crippen molar-refractivity contribution in [2.45, 2.75) is 0 Å². The molecule has 3 heteroatoms. The molecule has 206 valence electrons. The van der Waals surface area contributed by atoms with Gasteiger partial charge in [-0.2, -0.15) is 0 Å². The van der Waals surface area contributed by atoms with Crippen molar-refractivity contribution < 1.29 is 0 Å². The molecule has 0 aliphatic rings. The Balaban J connectivity index is 1.23. The van der Waals surface area contributed by atoms with Gasteiger partial charge in [0.05, 0.1) is 5.69 Å². The lowest BCUT2D eigenvalue weighted by atomic mass is 9.91.